The number of likely N-dealkylation sites (N-methyl/N-ethyl adjacent to an activating group) is 1. The molecule has 5 nitrogen and oxygen atoms in total. The lowest BCUT2D eigenvalue weighted by Crippen LogP contribution is -2.35. The summed E-state index contributed by atoms with van der Waals surface area (Å²) in [5.41, 5.74) is 0. The van der Waals surface area contributed by atoms with Crippen LogP contribution in [0.2, 0.25) is 0 Å². The minimum absolute atomic E-state index is 0.152. The Morgan fingerprint density at radius 1 is 1.50 bits per heavy atom. The third-order valence-corrected chi connectivity index (χ3v) is 3.23. The van der Waals surface area contributed by atoms with Crippen molar-refractivity contribution >= 4 is 15.9 Å². The van der Waals surface area contributed by atoms with Crippen LogP contribution in [0.1, 0.15) is 6.92 Å². The Balaban J connectivity index is 2.93. The molecule has 1 fully saturated rings. The molecule has 0 N–H and O–H groups in total. The van der Waals surface area contributed by atoms with Gasteiger partial charge in [-0.25, -0.2) is 8.42 Å². The highest BCUT2D eigenvalue weighted by Crippen LogP contribution is 2.15. The van der Waals surface area contributed by atoms with Crippen molar-refractivity contribution in [2.45, 2.75) is 13.0 Å². The van der Waals surface area contributed by atoms with Crippen LogP contribution in [0.25, 0.3) is 0 Å². The van der Waals surface area contributed by atoms with E-state index in [4.69, 9.17) is 0 Å². The van der Waals surface area contributed by atoms with Gasteiger partial charge < -0.3 is 4.90 Å². The lowest BCUT2D eigenvalue weighted by atomic mass is 10.3. The van der Waals surface area contributed by atoms with E-state index >= 15 is 0 Å². The summed E-state index contributed by atoms with van der Waals surface area (Å²) < 4.78 is 23.3. The molecule has 1 rings (SSSR count). The summed E-state index contributed by atoms with van der Waals surface area (Å²) in [7, 11) is -1.66. The predicted octanol–water partition coefficient (Wildman–Crippen LogP) is -0.934. The molecule has 0 spiro atoms. The Kier molecular flexibility index (Phi) is 2.13. The summed E-state index contributed by atoms with van der Waals surface area (Å²) in [4.78, 5) is 12.6. The van der Waals surface area contributed by atoms with Crippen LogP contribution in [0.3, 0.4) is 0 Å². The van der Waals surface area contributed by atoms with Crippen molar-refractivity contribution in [3.63, 3.8) is 0 Å². The molecule has 1 atom stereocenters. The van der Waals surface area contributed by atoms with Crippen molar-refractivity contribution in [1.82, 2.24) is 9.21 Å². The monoisotopic (exact) mass is 192 g/mol. The number of carbonyl (C=O) groups excluding carboxylic acids is 1. The van der Waals surface area contributed by atoms with Crippen LogP contribution in [0.5, 0.6) is 0 Å². The van der Waals surface area contributed by atoms with Crippen molar-refractivity contribution in [3.8, 4) is 0 Å². The quantitative estimate of drug-likeness (QED) is 0.539. The number of rotatable bonds is 1. The molecule has 1 saturated heterocycles. The smallest absolute Gasteiger partial charge is 0.241 e. The van der Waals surface area contributed by atoms with Crippen LogP contribution in [0, 0.1) is 0 Å². The molecule has 1 heterocycles. The third kappa shape index (κ3) is 1.44. The lowest BCUT2D eigenvalue weighted by molar-refractivity contribution is -0.127. The summed E-state index contributed by atoms with van der Waals surface area (Å²) >= 11 is 0. The Morgan fingerprint density at radius 2 is 2.00 bits per heavy atom. The fraction of sp³-hybridized carbons (Fsp3) is 0.833. The fourth-order valence-corrected chi connectivity index (χ4v) is 2.28. The molecule has 0 aromatic heterocycles. The van der Waals surface area contributed by atoms with Crippen LogP contribution < -0.4 is 0 Å². The summed E-state index contributed by atoms with van der Waals surface area (Å²) in [6.07, 6.45) is 1.11. The highest BCUT2D eigenvalue weighted by molar-refractivity contribution is 7.88. The average Bonchev–Trinajstić information content (AvgIpc) is 2.15. The molecule has 1 aliphatic heterocycles. The van der Waals surface area contributed by atoms with E-state index < -0.39 is 16.1 Å². The van der Waals surface area contributed by atoms with Gasteiger partial charge in [0.25, 0.3) is 0 Å². The number of nitrogens with zero attached hydrogens (tertiary/aromatic N) is 2. The Morgan fingerprint density at radius 3 is 2.17 bits per heavy atom. The van der Waals surface area contributed by atoms with E-state index in [1.165, 1.54) is 9.21 Å². The van der Waals surface area contributed by atoms with Crippen LogP contribution in [0.15, 0.2) is 0 Å². The summed E-state index contributed by atoms with van der Waals surface area (Å²) in [6.45, 7) is 1.76. The number of amides is 1. The molecule has 70 valence electrons. The zero-order chi connectivity index (χ0) is 9.52. The highest BCUT2D eigenvalue weighted by Gasteiger charge is 2.38. The first kappa shape index (κ1) is 9.47. The van der Waals surface area contributed by atoms with Crippen molar-refractivity contribution in [2.24, 2.45) is 0 Å². The molecule has 0 bridgehead atoms. The fourth-order valence-electron chi connectivity index (χ4n) is 1.24. The maximum Gasteiger partial charge on any atom is 0.241 e. The SMILES string of the molecule is C[C@H]1C(=O)N(C)CN1S(C)(=O)=O. The summed E-state index contributed by atoms with van der Waals surface area (Å²) in [5.74, 6) is -0.152. The molecular formula is C6H12N2O3S. The second-order valence-corrected chi connectivity index (χ2v) is 4.94. The first-order chi connectivity index (χ1) is 5.34. The number of carbonyl (C=O) groups is 1. The summed E-state index contributed by atoms with van der Waals surface area (Å²) in [5, 5.41) is 0. The Hall–Kier alpha value is -0.620. The highest BCUT2D eigenvalue weighted by atomic mass is 32.2. The minimum Gasteiger partial charge on any atom is -0.330 e. The van der Waals surface area contributed by atoms with E-state index in [1.54, 1.807) is 14.0 Å². The van der Waals surface area contributed by atoms with Gasteiger partial charge in [-0.2, -0.15) is 4.31 Å². The third-order valence-electron chi connectivity index (χ3n) is 1.94. The molecule has 12 heavy (non-hydrogen) atoms. The van der Waals surface area contributed by atoms with Gasteiger partial charge in [0.2, 0.25) is 15.9 Å². The lowest BCUT2D eigenvalue weighted by Gasteiger charge is -2.14. The van der Waals surface area contributed by atoms with Crippen LogP contribution in [-0.2, 0) is 14.8 Å². The van der Waals surface area contributed by atoms with Gasteiger partial charge in [-0.1, -0.05) is 0 Å². The van der Waals surface area contributed by atoms with Gasteiger partial charge in [0.05, 0.1) is 12.9 Å². The topological polar surface area (TPSA) is 57.7 Å². The first-order valence-electron chi connectivity index (χ1n) is 3.56. The van der Waals surface area contributed by atoms with Crippen molar-refractivity contribution in [1.29, 1.82) is 0 Å². The molecule has 1 aliphatic rings. The van der Waals surface area contributed by atoms with Gasteiger partial charge in [0.15, 0.2) is 0 Å². The van der Waals surface area contributed by atoms with E-state index in [0.717, 1.165) is 6.26 Å². The normalized spacial score (nSPS) is 26.8. The van der Waals surface area contributed by atoms with E-state index in [0.29, 0.717) is 0 Å². The van der Waals surface area contributed by atoms with Gasteiger partial charge >= 0.3 is 0 Å². The van der Waals surface area contributed by atoms with Gasteiger partial charge in [-0.15, -0.1) is 0 Å². The molecule has 1 amide bonds. The van der Waals surface area contributed by atoms with E-state index in [9.17, 15) is 13.2 Å². The second-order valence-electron chi connectivity index (χ2n) is 3.00. The van der Waals surface area contributed by atoms with Crippen LogP contribution in [0.4, 0.5) is 0 Å². The first-order valence-corrected chi connectivity index (χ1v) is 5.40. The molecule has 0 aromatic rings. The summed E-state index contributed by atoms with van der Waals surface area (Å²) in [6, 6.07) is -0.551. The molecule has 0 unspecified atom stereocenters. The zero-order valence-corrected chi connectivity index (χ0v) is 8.13. The van der Waals surface area contributed by atoms with Crippen molar-refractivity contribution < 1.29 is 13.2 Å². The van der Waals surface area contributed by atoms with Crippen molar-refractivity contribution in [2.75, 3.05) is 20.0 Å². The average molecular weight is 192 g/mol. The second kappa shape index (κ2) is 2.70. The Labute approximate surface area is 72.0 Å². The maximum absolute atomic E-state index is 11.2. The van der Waals surface area contributed by atoms with Gasteiger partial charge in [0.1, 0.15) is 6.04 Å². The standard InChI is InChI=1S/C6H12N2O3S/c1-5-6(9)7(2)4-8(5)12(3,10)11/h5H,4H2,1-3H3/t5-/m0/s1. The molecule has 0 aromatic carbocycles. The molecule has 0 aliphatic carbocycles. The predicted molar refractivity (Wildman–Crippen MR) is 43.8 cm³/mol. The number of sulfonamides is 1. The molecule has 0 radical (unpaired) electrons. The van der Waals surface area contributed by atoms with Crippen LogP contribution >= 0.6 is 0 Å². The van der Waals surface area contributed by atoms with E-state index in [-0.39, 0.29) is 12.6 Å². The van der Waals surface area contributed by atoms with E-state index in [1.807, 2.05) is 0 Å². The molecular weight excluding hydrogens is 180 g/mol. The number of hydrogen-bond acceptors (Lipinski definition) is 3. The van der Waals surface area contributed by atoms with Crippen LogP contribution in [-0.4, -0.2) is 49.5 Å². The molecule has 0 saturated carbocycles. The maximum atomic E-state index is 11.2. The van der Waals surface area contributed by atoms with Gasteiger partial charge in [0, 0.05) is 7.05 Å². The number of hydrogen-bond donors (Lipinski definition) is 0. The molecule has 6 heteroatoms. The van der Waals surface area contributed by atoms with Gasteiger partial charge in [-0.05, 0) is 6.92 Å². The minimum atomic E-state index is -3.25. The van der Waals surface area contributed by atoms with E-state index in [2.05, 4.69) is 0 Å². The van der Waals surface area contributed by atoms with Gasteiger partial charge in [-0.3, -0.25) is 4.79 Å². The Bertz CT molecular complexity index is 298. The van der Waals surface area contributed by atoms with Crippen molar-refractivity contribution in [3.05, 3.63) is 0 Å². The zero-order valence-electron chi connectivity index (χ0n) is 7.31. The largest absolute Gasteiger partial charge is 0.330 e.